The summed E-state index contributed by atoms with van der Waals surface area (Å²) < 4.78 is 0. The molecule has 1 aromatic rings. The van der Waals surface area contributed by atoms with E-state index in [1.165, 1.54) is 0 Å². The molecule has 1 fully saturated rings. The number of pyridine rings is 1. The van der Waals surface area contributed by atoms with Crippen molar-refractivity contribution in [3.63, 3.8) is 0 Å². The zero-order valence-electron chi connectivity index (χ0n) is 9.06. The van der Waals surface area contributed by atoms with Crippen LogP contribution in [0.4, 0.5) is 17.3 Å². The summed E-state index contributed by atoms with van der Waals surface area (Å²) in [5, 5.41) is 8.62. The molecule has 4 N–H and O–H groups in total. The SMILES string of the molecule is N#CCCN(c1ccc(N)c(N)n1)C1CC1. The Morgan fingerprint density at radius 3 is 2.75 bits per heavy atom. The highest BCUT2D eigenvalue weighted by molar-refractivity contribution is 5.62. The molecule has 1 aliphatic carbocycles. The molecule has 0 amide bonds. The Morgan fingerprint density at radius 1 is 1.44 bits per heavy atom. The van der Waals surface area contributed by atoms with Crippen molar-refractivity contribution < 1.29 is 0 Å². The van der Waals surface area contributed by atoms with Crippen molar-refractivity contribution >= 4 is 17.3 Å². The average Bonchev–Trinajstić information content (AvgIpc) is 3.08. The van der Waals surface area contributed by atoms with Gasteiger partial charge in [0, 0.05) is 12.6 Å². The summed E-state index contributed by atoms with van der Waals surface area (Å²) >= 11 is 0. The number of aromatic nitrogens is 1. The van der Waals surface area contributed by atoms with E-state index in [1.54, 1.807) is 6.07 Å². The van der Waals surface area contributed by atoms with E-state index in [0.29, 0.717) is 30.5 Å². The van der Waals surface area contributed by atoms with E-state index in [-0.39, 0.29) is 0 Å². The fourth-order valence-electron chi connectivity index (χ4n) is 1.68. The van der Waals surface area contributed by atoms with Gasteiger partial charge in [0.15, 0.2) is 0 Å². The number of rotatable bonds is 4. The van der Waals surface area contributed by atoms with Crippen LogP contribution in [-0.4, -0.2) is 17.6 Å². The van der Waals surface area contributed by atoms with E-state index < -0.39 is 0 Å². The predicted molar refractivity (Wildman–Crippen MR) is 63.7 cm³/mol. The largest absolute Gasteiger partial charge is 0.396 e. The first kappa shape index (κ1) is 10.6. The van der Waals surface area contributed by atoms with Gasteiger partial charge in [-0.15, -0.1) is 0 Å². The van der Waals surface area contributed by atoms with Crippen molar-refractivity contribution in [3.8, 4) is 6.07 Å². The Labute approximate surface area is 94.7 Å². The van der Waals surface area contributed by atoms with Crippen molar-refractivity contribution in [2.45, 2.75) is 25.3 Å². The van der Waals surface area contributed by atoms with E-state index in [2.05, 4.69) is 16.0 Å². The van der Waals surface area contributed by atoms with Crippen molar-refractivity contribution in [2.75, 3.05) is 22.9 Å². The van der Waals surface area contributed by atoms with E-state index in [1.807, 2.05) is 6.07 Å². The standard InChI is InChI=1S/C11H15N5/c12-6-1-7-16(8-2-3-8)10-5-4-9(13)11(14)15-10/h4-5,8H,1-3,7,13H2,(H2,14,15). The van der Waals surface area contributed by atoms with Gasteiger partial charge in [-0.3, -0.25) is 0 Å². The molecule has 0 saturated heterocycles. The third-order valence-corrected chi connectivity index (χ3v) is 2.69. The number of nitriles is 1. The third kappa shape index (κ3) is 2.16. The molecule has 1 aromatic heterocycles. The van der Waals surface area contributed by atoms with Crippen LogP contribution in [0.1, 0.15) is 19.3 Å². The number of anilines is 3. The number of nitrogens with two attached hydrogens (primary N) is 2. The average molecular weight is 217 g/mol. The fraction of sp³-hybridized carbons (Fsp3) is 0.455. The van der Waals surface area contributed by atoms with Gasteiger partial charge < -0.3 is 16.4 Å². The van der Waals surface area contributed by atoms with Crippen LogP contribution in [0, 0.1) is 11.3 Å². The lowest BCUT2D eigenvalue weighted by molar-refractivity contribution is 0.779. The Hall–Kier alpha value is -1.96. The van der Waals surface area contributed by atoms with Crippen molar-refractivity contribution in [1.82, 2.24) is 4.98 Å². The summed E-state index contributed by atoms with van der Waals surface area (Å²) in [7, 11) is 0. The topological polar surface area (TPSA) is 92.0 Å². The third-order valence-electron chi connectivity index (χ3n) is 2.69. The Bertz CT molecular complexity index is 419. The Morgan fingerprint density at radius 2 is 2.19 bits per heavy atom. The second kappa shape index (κ2) is 4.27. The minimum Gasteiger partial charge on any atom is -0.396 e. The molecule has 5 nitrogen and oxygen atoms in total. The fourth-order valence-corrected chi connectivity index (χ4v) is 1.68. The van der Waals surface area contributed by atoms with Crippen LogP contribution in [0.5, 0.6) is 0 Å². The van der Waals surface area contributed by atoms with Crippen LogP contribution in [0.3, 0.4) is 0 Å². The van der Waals surface area contributed by atoms with Crippen molar-refractivity contribution in [3.05, 3.63) is 12.1 Å². The molecule has 5 heteroatoms. The predicted octanol–water partition coefficient (Wildman–Crippen LogP) is 1.13. The van der Waals surface area contributed by atoms with Gasteiger partial charge in [0.05, 0.1) is 18.2 Å². The van der Waals surface area contributed by atoms with Crippen LogP contribution in [0.25, 0.3) is 0 Å². The Kier molecular flexibility index (Phi) is 2.82. The number of hydrogen-bond donors (Lipinski definition) is 2. The van der Waals surface area contributed by atoms with Crippen LogP contribution in [-0.2, 0) is 0 Å². The van der Waals surface area contributed by atoms with Crippen LogP contribution in [0.15, 0.2) is 12.1 Å². The summed E-state index contributed by atoms with van der Waals surface area (Å²) in [4.78, 5) is 6.39. The minimum atomic E-state index is 0.361. The molecular weight excluding hydrogens is 202 g/mol. The molecule has 84 valence electrons. The molecule has 2 rings (SSSR count). The lowest BCUT2D eigenvalue weighted by Gasteiger charge is -2.22. The molecule has 0 aromatic carbocycles. The molecule has 0 atom stereocenters. The molecule has 16 heavy (non-hydrogen) atoms. The lowest BCUT2D eigenvalue weighted by Crippen LogP contribution is -2.27. The zero-order chi connectivity index (χ0) is 11.5. The van der Waals surface area contributed by atoms with Crippen LogP contribution >= 0.6 is 0 Å². The Balaban J connectivity index is 2.18. The normalized spacial score (nSPS) is 14.4. The molecule has 1 saturated carbocycles. The molecule has 0 radical (unpaired) electrons. The second-order valence-electron chi connectivity index (χ2n) is 3.98. The molecule has 0 spiro atoms. The maximum atomic E-state index is 8.62. The quantitative estimate of drug-likeness (QED) is 0.788. The highest BCUT2D eigenvalue weighted by Gasteiger charge is 2.29. The molecule has 1 aliphatic rings. The van der Waals surface area contributed by atoms with Gasteiger partial charge in [0.2, 0.25) is 0 Å². The second-order valence-corrected chi connectivity index (χ2v) is 3.98. The first-order valence-electron chi connectivity index (χ1n) is 5.38. The number of nitrogens with zero attached hydrogens (tertiary/aromatic N) is 3. The summed E-state index contributed by atoms with van der Waals surface area (Å²) in [6.07, 6.45) is 2.83. The molecular formula is C11H15N5. The maximum Gasteiger partial charge on any atom is 0.149 e. The monoisotopic (exact) mass is 217 g/mol. The summed E-state index contributed by atoms with van der Waals surface area (Å²) in [5.74, 6) is 1.18. The van der Waals surface area contributed by atoms with Gasteiger partial charge >= 0.3 is 0 Å². The van der Waals surface area contributed by atoms with Gasteiger partial charge in [-0.05, 0) is 25.0 Å². The first-order valence-corrected chi connectivity index (χ1v) is 5.38. The van der Waals surface area contributed by atoms with Crippen LogP contribution < -0.4 is 16.4 Å². The van der Waals surface area contributed by atoms with Gasteiger partial charge in [0.1, 0.15) is 11.6 Å². The number of hydrogen-bond acceptors (Lipinski definition) is 5. The van der Waals surface area contributed by atoms with Crippen LogP contribution in [0.2, 0.25) is 0 Å². The van der Waals surface area contributed by atoms with Gasteiger partial charge in [-0.1, -0.05) is 0 Å². The van der Waals surface area contributed by atoms with E-state index >= 15 is 0 Å². The van der Waals surface area contributed by atoms with Crippen molar-refractivity contribution in [2.24, 2.45) is 0 Å². The first-order chi connectivity index (χ1) is 7.72. The van der Waals surface area contributed by atoms with Gasteiger partial charge in [-0.2, -0.15) is 5.26 Å². The molecule has 0 aliphatic heterocycles. The summed E-state index contributed by atoms with van der Waals surface area (Å²) in [6.45, 7) is 0.706. The minimum absolute atomic E-state index is 0.361. The van der Waals surface area contributed by atoms with Gasteiger partial charge in [0.25, 0.3) is 0 Å². The molecule has 0 bridgehead atoms. The highest BCUT2D eigenvalue weighted by atomic mass is 15.2. The van der Waals surface area contributed by atoms with E-state index in [4.69, 9.17) is 16.7 Å². The summed E-state index contributed by atoms with van der Waals surface area (Å²) in [5.41, 5.74) is 11.8. The van der Waals surface area contributed by atoms with Crippen molar-refractivity contribution in [1.29, 1.82) is 5.26 Å². The lowest BCUT2D eigenvalue weighted by atomic mass is 10.3. The molecule has 0 unspecified atom stereocenters. The van der Waals surface area contributed by atoms with E-state index in [9.17, 15) is 0 Å². The highest BCUT2D eigenvalue weighted by Crippen LogP contribution is 2.31. The van der Waals surface area contributed by atoms with Gasteiger partial charge in [-0.25, -0.2) is 4.98 Å². The smallest absolute Gasteiger partial charge is 0.149 e. The zero-order valence-corrected chi connectivity index (χ0v) is 9.06. The summed E-state index contributed by atoms with van der Waals surface area (Å²) in [6, 6.07) is 6.29. The maximum absolute atomic E-state index is 8.62. The molecule has 1 heterocycles. The van der Waals surface area contributed by atoms with E-state index in [0.717, 1.165) is 18.7 Å². The number of nitrogen functional groups attached to an aromatic ring is 2.